The highest BCUT2D eigenvalue weighted by Crippen LogP contribution is 2.39. The average molecular weight is 367 g/mol. The minimum Gasteiger partial charge on any atom is -0.445 e. The van der Waals surface area contributed by atoms with Crippen molar-refractivity contribution in [1.82, 2.24) is 0 Å². The van der Waals surface area contributed by atoms with Crippen molar-refractivity contribution >= 4 is 29.3 Å². The second-order valence-electron chi connectivity index (χ2n) is 7.10. The molecule has 1 amide bonds. The first-order valence-corrected chi connectivity index (χ1v) is 9.75. The largest absolute Gasteiger partial charge is 0.445 e. The van der Waals surface area contributed by atoms with E-state index in [2.05, 4.69) is 6.92 Å². The predicted octanol–water partition coefficient (Wildman–Crippen LogP) is 4.08. The molecule has 0 fully saturated rings. The fourth-order valence-corrected chi connectivity index (χ4v) is 4.75. The Morgan fingerprint density at radius 1 is 1.19 bits per heavy atom. The number of cyclic esters (lactones) is 1. The van der Waals surface area contributed by atoms with Crippen LogP contribution in [0.1, 0.15) is 36.2 Å². The van der Waals surface area contributed by atoms with Gasteiger partial charge in [0.1, 0.15) is 0 Å². The molecule has 2 unspecified atom stereocenters. The highest BCUT2D eigenvalue weighted by atomic mass is 32.2. The van der Waals surface area contributed by atoms with E-state index < -0.39 is 11.6 Å². The minimum absolute atomic E-state index is 0.150. The molecule has 0 N–H and O–H groups in total. The number of nitrogens with zero attached hydrogens (tertiary/aromatic N) is 1. The zero-order valence-corrected chi connectivity index (χ0v) is 15.7. The number of rotatable bonds is 1. The molecule has 2 aliphatic heterocycles. The molecule has 0 spiro atoms. The van der Waals surface area contributed by atoms with Crippen molar-refractivity contribution in [3.8, 4) is 0 Å². The number of para-hydroxylation sites is 1. The molecule has 2 aromatic rings. The summed E-state index contributed by atoms with van der Waals surface area (Å²) in [6.45, 7) is 4.53. The fourth-order valence-electron chi connectivity index (χ4n) is 3.64. The highest BCUT2D eigenvalue weighted by molar-refractivity contribution is 8.00. The standard InChI is InChI=1S/C21H21NO3S/c1-14-11-12-22(17-9-5-6-10-18(17)26-14)20(24)21(2)13-15-7-3-4-8-16(15)19(23)25-21/h3-10,14H,11-13H2,1-2H3. The smallest absolute Gasteiger partial charge is 0.339 e. The predicted molar refractivity (Wildman–Crippen MR) is 103 cm³/mol. The average Bonchev–Trinajstić information content (AvgIpc) is 2.79. The maximum Gasteiger partial charge on any atom is 0.339 e. The van der Waals surface area contributed by atoms with Crippen molar-refractivity contribution in [3.63, 3.8) is 0 Å². The topological polar surface area (TPSA) is 46.6 Å². The van der Waals surface area contributed by atoms with Crippen molar-refractivity contribution < 1.29 is 14.3 Å². The van der Waals surface area contributed by atoms with Gasteiger partial charge < -0.3 is 9.64 Å². The molecule has 5 heteroatoms. The number of benzene rings is 2. The van der Waals surface area contributed by atoms with Gasteiger partial charge in [-0.1, -0.05) is 37.3 Å². The molecule has 0 saturated carbocycles. The number of fused-ring (bicyclic) bond motifs is 2. The molecule has 2 aromatic carbocycles. The molecular formula is C21H21NO3S. The van der Waals surface area contributed by atoms with Gasteiger partial charge in [0.15, 0.2) is 5.60 Å². The van der Waals surface area contributed by atoms with Crippen LogP contribution < -0.4 is 4.90 Å². The summed E-state index contributed by atoms with van der Waals surface area (Å²) in [6.07, 6.45) is 1.29. The Morgan fingerprint density at radius 2 is 1.92 bits per heavy atom. The van der Waals surface area contributed by atoms with Crippen LogP contribution in [-0.4, -0.2) is 29.3 Å². The lowest BCUT2D eigenvalue weighted by molar-refractivity contribution is -0.136. The summed E-state index contributed by atoms with van der Waals surface area (Å²) in [5, 5.41) is 0.427. The van der Waals surface area contributed by atoms with Crippen LogP contribution in [0.15, 0.2) is 53.4 Å². The van der Waals surface area contributed by atoms with Crippen molar-refractivity contribution in [2.75, 3.05) is 11.4 Å². The SMILES string of the molecule is CC1CCN(C(=O)C2(C)Cc3ccccc3C(=O)O2)c2ccccc2S1. The van der Waals surface area contributed by atoms with Crippen LogP contribution in [0.5, 0.6) is 0 Å². The summed E-state index contributed by atoms with van der Waals surface area (Å²) < 4.78 is 5.66. The lowest BCUT2D eigenvalue weighted by Crippen LogP contribution is -2.53. The van der Waals surface area contributed by atoms with Crippen LogP contribution in [0.2, 0.25) is 0 Å². The molecule has 2 heterocycles. The van der Waals surface area contributed by atoms with E-state index >= 15 is 0 Å². The van der Waals surface area contributed by atoms with Gasteiger partial charge in [-0.2, -0.15) is 0 Å². The number of thioether (sulfide) groups is 1. The van der Waals surface area contributed by atoms with Crippen molar-refractivity contribution in [2.24, 2.45) is 0 Å². The second-order valence-corrected chi connectivity index (χ2v) is 8.58. The van der Waals surface area contributed by atoms with Crippen molar-refractivity contribution in [2.45, 2.75) is 42.4 Å². The molecule has 4 nitrogen and oxygen atoms in total. The molecular weight excluding hydrogens is 346 g/mol. The monoisotopic (exact) mass is 367 g/mol. The van der Waals surface area contributed by atoms with Crippen LogP contribution in [-0.2, 0) is 16.0 Å². The summed E-state index contributed by atoms with van der Waals surface area (Å²) in [4.78, 5) is 28.8. The van der Waals surface area contributed by atoms with E-state index in [0.717, 1.165) is 22.6 Å². The summed E-state index contributed by atoms with van der Waals surface area (Å²) >= 11 is 1.79. The number of carbonyl (C=O) groups excluding carboxylic acids is 2. The molecule has 2 aliphatic rings. The van der Waals surface area contributed by atoms with E-state index in [0.29, 0.717) is 23.8 Å². The van der Waals surface area contributed by atoms with Crippen LogP contribution in [0, 0.1) is 0 Å². The molecule has 0 aliphatic carbocycles. The van der Waals surface area contributed by atoms with Crippen LogP contribution >= 0.6 is 11.8 Å². The van der Waals surface area contributed by atoms with Gasteiger partial charge in [-0.05, 0) is 37.1 Å². The van der Waals surface area contributed by atoms with Gasteiger partial charge in [-0.3, -0.25) is 4.79 Å². The van der Waals surface area contributed by atoms with Gasteiger partial charge in [0.25, 0.3) is 5.91 Å². The second kappa shape index (κ2) is 6.47. The first-order chi connectivity index (χ1) is 12.5. The Balaban J connectivity index is 1.71. The molecule has 0 aromatic heterocycles. The van der Waals surface area contributed by atoms with Crippen molar-refractivity contribution in [1.29, 1.82) is 0 Å². The fraction of sp³-hybridized carbons (Fsp3) is 0.333. The molecule has 0 radical (unpaired) electrons. The van der Waals surface area contributed by atoms with E-state index in [1.165, 1.54) is 0 Å². The Hall–Kier alpha value is -2.27. The highest BCUT2D eigenvalue weighted by Gasteiger charge is 2.45. The zero-order chi connectivity index (χ0) is 18.3. The van der Waals surface area contributed by atoms with Crippen LogP contribution in [0.3, 0.4) is 0 Å². The first-order valence-electron chi connectivity index (χ1n) is 8.87. The number of ether oxygens (including phenoxy) is 1. The van der Waals surface area contributed by atoms with Gasteiger partial charge in [-0.15, -0.1) is 11.8 Å². The molecule has 0 bridgehead atoms. The molecule has 26 heavy (non-hydrogen) atoms. The summed E-state index contributed by atoms with van der Waals surface area (Å²) in [5.41, 5.74) is 1.14. The third kappa shape index (κ3) is 2.90. The summed E-state index contributed by atoms with van der Waals surface area (Å²) in [7, 11) is 0. The zero-order valence-electron chi connectivity index (χ0n) is 14.9. The van der Waals surface area contributed by atoms with Gasteiger partial charge in [0.05, 0.1) is 11.3 Å². The number of anilines is 1. The Kier molecular flexibility index (Phi) is 4.27. The Labute approximate surface area is 157 Å². The van der Waals surface area contributed by atoms with Crippen LogP contribution in [0.4, 0.5) is 5.69 Å². The van der Waals surface area contributed by atoms with E-state index in [1.54, 1.807) is 29.7 Å². The maximum absolute atomic E-state index is 13.5. The number of esters is 1. The number of hydrogen-bond donors (Lipinski definition) is 0. The lowest BCUT2D eigenvalue weighted by Gasteiger charge is -2.37. The molecule has 2 atom stereocenters. The molecule has 4 rings (SSSR count). The summed E-state index contributed by atoms with van der Waals surface area (Å²) in [5.74, 6) is -0.573. The first kappa shape index (κ1) is 17.2. The van der Waals surface area contributed by atoms with Gasteiger partial charge in [-0.25, -0.2) is 4.79 Å². The van der Waals surface area contributed by atoms with Gasteiger partial charge >= 0.3 is 5.97 Å². The number of hydrogen-bond acceptors (Lipinski definition) is 4. The van der Waals surface area contributed by atoms with E-state index in [-0.39, 0.29) is 5.91 Å². The van der Waals surface area contributed by atoms with Crippen molar-refractivity contribution in [3.05, 3.63) is 59.7 Å². The third-order valence-corrected chi connectivity index (χ3v) is 6.26. The van der Waals surface area contributed by atoms with Gasteiger partial charge in [0.2, 0.25) is 0 Å². The quantitative estimate of drug-likeness (QED) is 0.713. The lowest BCUT2D eigenvalue weighted by atomic mass is 9.88. The minimum atomic E-state index is -1.18. The van der Waals surface area contributed by atoms with E-state index in [1.807, 2.05) is 42.5 Å². The van der Waals surface area contributed by atoms with Gasteiger partial charge in [0, 0.05) is 23.1 Å². The summed E-state index contributed by atoms with van der Waals surface area (Å²) in [6, 6.07) is 15.3. The third-order valence-electron chi connectivity index (χ3n) is 5.02. The number of amides is 1. The Bertz CT molecular complexity index is 881. The van der Waals surface area contributed by atoms with Crippen LogP contribution in [0.25, 0.3) is 0 Å². The number of carbonyl (C=O) groups is 2. The molecule has 134 valence electrons. The normalized spacial score (nSPS) is 24.9. The van der Waals surface area contributed by atoms with E-state index in [4.69, 9.17) is 4.74 Å². The van der Waals surface area contributed by atoms with E-state index in [9.17, 15) is 9.59 Å². The molecule has 0 saturated heterocycles. The Morgan fingerprint density at radius 3 is 2.77 bits per heavy atom. The maximum atomic E-state index is 13.5.